The molecule has 0 saturated heterocycles. The third-order valence-corrected chi connectivity index (χ3v) is 8.95. The van der Waals surface area contributed by atoms with Crippen LogP contribution >= 0.6 is 0 Å². The van der Waals surface area contributed by atoms with Crippen molar-refractivity contribution in [3.05, 3.63) is 29.8 Å². The highest BCUT2D eigenvalue weighted by molar-refractivity contribution is 5.27. The van der Waals surface area contributed by atoms with Gasteiger partial charge in [-0.25, -0.2) is 0 Å². The van der Waals surface area contributed by atoms with Crippen molar-refractivity contribution < 1.29 is 4.74 Å². The molecule has 1 nitrogen and oxygen atoms in total. The second kappa shape index (κ2) is 15.8. The van der Waals surface area contributed by atoms with Gasteiger partial charge in [0.05, 0.1) is 6.61 Å². The Morgan fingerprint density at radius 2 is 1.15 bits per heavy atom. The average Bonchev–Trinajstić information content (AvgIpc) is 2.86. The van der Waals surface area contributed by atoms with E-state index in [1.807, 2.05) is 0 Å². The zero-order valence-corrected chi connectivity index (χ0v) is 22.2. The Hall–Kier alpha value is -0.980. The summed E-state index contributed by atoms with van der Waals surface area (Å²) in [6, 6.07) is 8.99. The molecule has 1 aromatic rings. The van der Waals surface area contributed by atoms with Crippen molar-refractivity contribution in [3.63, 3.8) is 0 Å². The fraction of sp³-hybridized carbons (Fsp3) is 0.812. The van der Waals surface area contributed by atoms with Gasteiger partial charge in [0.1, 0.15) is 5.75 Å². The van der Waals surface area contributed by atoms with Gasteiger partial charge >= 0.3 is 0 Å². The maximum absolute atomic E-state index is 5.94. The number of rotatable bonds is 15. The largest absolute Gasteiger partial charge is 0.494 e. The molecule has 0 N–H and O–H groups in total. The van der Waals surface area contributed by atoms with E-state index in [-0.39, 0.29) is 0 Å². The molecule has 0 heterocycles. The summed E-state index contributed by atoms with van der Waals surface area (Å²) < 4.78 is 5.94. The number of hydrogen-bond acceptors (Lipinski definition) is 1. The predicted molar refractivity (Wildman–Crippen MR) is 144 cm³/mol. The van der Waals surface area contributed by atoms with Crippen LogP contribution in [0.4, 0.5) is 0 Å². The lowest BCUT2D eigenvalue weighted by Gasteiger charge is -2.38. The maximum atomic E-state index is 5.94. The van der Waals surface area contributed by atoms with Crippen LogP contribution in [0.1, 0.15) is 135 Å². The SMILES string of the molecule is CCCCCCCOc1ccc(CC[C@H]2CC[C@H]([C@H]3CC[C@H](CCCCC)CC3)CC2)cc1. The lowest BCUT2D eigenvalue weighted by Crippen LogP contribution is -2.26. The molecule has 0 bridgehead atoms. The highest BCUT2D eigenvalue weighted by Crippen LogP contribution is 2.43. The van der Waals surface area contributed by atoms with Crippen LogP contribution in [-0.4, -0.2) is 6.61 Å². The second-order valence-electron chi connectivity index (χ2n) is 11.5. The minimum atomic E-state index is 0.868. The summed E-state index contributed by atoms with van der Waals surface area (Å²) in [6.07, 6.45) is 27.1. The zero-order chi connectivity index (χ0) is 23.1. The minimum Gasteiger partial charge on any atom is -0.494 e. The lowest BCUT2D eigenvalue weighted by atomic mass is 9.68. The van der Waals surface area contributed by atoms with Crippen LogP contribution in [-0.2, 0) is 6.42 Å². The molecule has 2 saturated carbocycles. The molecule has 3 rings (SSSR count). The molecular formula is C32H54O. The van der Waals surface area contributed by atoms with Crippen molar-refractivity contribution in [2.45, 2.75) is 136 Å². The molecule has 188 valence electrons. The first-order valence-corrected chi connectivity index (χ1v) is 15.0. The van der Waals surface area contributed by atoms with Gasteiger partial charge in [-0.1, -0.05) is 103 Å². The van der Waals surface area contributed by atoms with Gasteiger partial charge in [0.25, 0.3) is 0 Å². The van der Waals surface area contributed by atoms with E-state index in [0.29, 0.717) is 0 Å². The molecule has 2 aliphatic carbocycles. The number of hydrogen-bond donors (Lipinski definition) is 0. The van der Waals surface area contributed by atoms with Crippen molar-refractivity contribution >= 4 is 0 Å². The van der Waals surface area contributed by atoms with Gasteiger partial charge in [0, 0.05) is 0 Å². The number of ether oxygens (including phenoxy) is 1. The monoisotopic (exact) mass is 454 g/mol. The number of unbranched alkanes of at least 4 members (excludes halogenated alkanes) is 6. The summed E-state index contributed by atoms with van der Waals surface area (Å²) >= 11 is 0. The van der Waals surface area contributed by atoms with E-state index in [1.54, 1.807) is 12.8 Å². The first kappa shape index (κ1) is 26.6. The highest BCUT2D eigenvalue weighted by atomic mass is 16.5. The fourth-order valence-corrected chi connectivity index (χ4v) is 6.60. The van der Waals surface area contributed by atoms with Gasteiger partial charge in [-0.15, -0.1) is 0 Å². The van der Waals surface area contributed by atoms with E-state index in [2.05, 4.69) is 38.1 Å². The normalized spacial score (nSPS) is 25.8. The smallest absolute Gasteiger partial charge is 0.119 e. The quantitative estimate of drug-likeness (QED) is 0.239. The summed E-state index contributed by atoms with van der Waals surface area (Å²) in [5, 5.41) is 0. The molecule has 1 aromatic carbocycles. The van der Waals surface area contributed by atoms with E-state index in [9.17, 15) is 0 Å². The van der Waals surface area contributed by atoms with Gasteiger partial charge in [0.2, 0.25) is 0 Å². The van der Waals surface area contributed by atoms with Crippen LogP contribution in [0.15, 0.2) is 24.3 Å². The Morgan fingerprint density at radius 1 is 0.606 bits per heavy atom. The summed E-state index contributed by atoms with van der Waals surface area (Å²) in [6.45, 7) is 5.47. The van der Waals surface area contributed by atoms with Gasteiger partial charge in [-0.05, 0) is 86.3 Å². The fourth-order valence-electron chi connectivity index (χ4n) is 6.60. The Labute approximate surface area is 206 Å². The van der Waals surface area contributed by atoms with Crippen molar-refractivity contribution in [3.8, 4) is 5.75 Å². The molecule has 0 atom stereocenters. The van der Waals surface area contributed by atoms with Gasteiger partial charge < -0.3 is 4.74 Å². The molecular weight excluding hydrogens is 400 g/mol. The molecule has 0 spiro atoms. The van der Waals surface area contributed by atoms with E-state index < -0.39 is 0 Å². The van der Waals surface area contributed by atoms with Crippen molar-refractivity contribution in [2.24, 2.45) is 23.7 Å². The number of benzene rings is 1. The molecule has 0 aromatic heterocycles. The van der Waals surface area contributed by atoms with E-state index >= 15 is 0 Å². The summed E-state index contributed by atoms with van der Waals surface area (Å²) in [7, 11) is 0. The second-order valence-corrected chi connectivity index (χ2v) is 11.5. The van der Waals surface area contributed by atoms with Crippen LogP contribution in [0.3, 0.4) is 0 Å². The van der Waals surface area contributed by atoms with E-state index in [0.717, 1.165) is 36.0 Å². The molecule has 0 radical (unpaired) electrons. The summed E-state index contributed by atoms with van der Waals surface area (Å²) in [5.41, 5.74) is 1.49. The van der Waals surface area contributed by atoms with Crippen LogP contribution in [0.25, 0.3) is 0 Å². The Balaban J connectivity index is 1.25. The molecule has 2 fully saturated rings. The summed E-state index contributed by atoms with van der Waals surface area (Å²) in [5.74, 6) is 5.19. The molecule has 0 amide bonds. The Morgan fingerprint density at radius 3 is 1.76 bits per heavy atom. The molecule has 0 unspecified atom stereocenters. The van der Waals surface area contributed by atoms with Crippen LogP contribution < -0.4 is 4.74 Å². The first-order chi connectivity index (χ1) is 16.3. The van der Waals surface area contributed by atoms with Crippen molar-refractivity contribution in [2.75, 3.05) is 6.61 Å². The summed E-state index contributed by atoms with van der Waals surface area (Å²) in [4.78, 5) is 0. The van der Waals surface area contributed by atoms with E-state index in [4.69, 9.17) is 4.74 Å². The van der Waals surface area contributed by atoms with Crippen molar-refractivity contribution in [1.29, 1.82) is 0 Å². The third-order valence-electron chi connectivity index (χ3n) is 8.95. The molecule has 2 aliphatic rings. The van der Waals surface area contributed by atoms with E-state index in [1.165, 1.54) is 115 Å². The van der Waals surface area contributed by atoms with Crippen molar-refractivity contribution in [1.82, 2.24) is 0 Å². The topological polar surface area (TPSA) is 9.23 Å². The van der Waals surface area contributed by atoms with Crippen LogP contribution in [0.2, 0.25) is 0 Å². The molecule has 33 heavy (non-hydrogen) atoms. The minimum absolute atomic E-state index is 0.868. The van der Waals surface area contributed by atoms with Crippen LogP contribution in [0, 0.1) is 23.7 Å². The molecule has 1 heteroatoms. The lowest BCUT2D eigenvalue weighted by molar-refractivity contribution is 0.140. The third kappa shape index (κ3) is 10.0. The highest BCUT2D eigenvalue weighted by Gasteiger charge is 2.30. The molecule has 0 aliphatic heterocycles. The standard InChI is InChI=1S/C32H54O/c1-3-5-7-8-10-26-33-32-24-18-29(19-25-32)13-12-28-16-22-31(23-17-28)30-20-14-27(15-21-30)11-9-6-4-2/h18-19,24-25,27-28,30-31H,3-17,20-23,26H2,1-2H3/t27-,28-,30-,31-. The zero-order valence-electron chi connectivity index (χ0n) is 22.2. The van der Waals surface area contributed by atoms with Gasteiger partial charge in [-0.3, -0.25) is 0 Å². The average molecular weight is 455 g/mol. The van der Waals surface area contributed by atoms with Gasteiger partial charge in [-0.2, -0.15) is 0 Å². The number of aryl methyl sites for hydroxylation is 1. The maximum Gasteiger partial charge on any atom is 0.119 e. The Kier molecular flexibility index (Phi) is 12.8. The Bertz CT molecular complexity index is 589. The predicted octanol–water partition coefficient (Wildman–Crippen LogP) is 10.2. The van der Waals surface area contributed by atoms with Gasteiger partial charge in [0.15, 0.2) is 0 Å². The van der Waals surface area contributed by atoms with Crippen LogP contribution in [0.5, 0.6) is 5.75 Å². The first-order valence-electron chi connectivity index (χ1n) is 15.0.